The number of aliphatic hydroxyl groups excluding tert-OH is 1. The molecule has 0 bridgehead atoms. The van der Waals surface area contributed by atoms with E-state index in [1.165, 1.54) is 5.56 Å². The second-order valence-electron chi connectivity index (χ2n) is 4.75. The average Bonchev–Trinajstić information content (AvgIpc) is 2.62. The van der Waals surface area contributed by atoms with Gasteiger partial charge in [0.05, 0.1) is 13.2 Å². The lowest BCUT2D eigenvalue weighted by atomic mass is 9.91. The van der Waals surface area contributed by atoms with Gasteiger partial charge in [-0.3, -0.25) is 0 Å². The van der Waals surface area contributed by atoms with Crippen LogP contribution in [0.2, 0.25) is 0 Å². The zero-order chi connectivity index (χ0) is 12.8. The zero-order valence-corrected chi connectivity index (χ0v) is 11.0. The molecule has 0 radical (unpaired) electrons. The fourth-order valence-electron chi connectivity index (χ4n) is 2.42. The van der Waals surface area contributed by atoms with E-state index in [4.69, 9.17) is 14.6 Å². The number of fused-ring (bicyclic) bond motifs is 1. The Labute approximate surface area is 109 Å². The molecule has 0 fully saturated rings. The van der Waals surface area contributed by atoms with Crippen LogP contribution < -0.4 is 9.47 Å². The van der Waals surface area contributed by atoms with Gasteiger partial charge in [-0.25, -0.2) is 0 Å². The first-order valence-electron chi connectivity index (χ1n) is 6.85. The Morgan fingerprint density at radius 1 is 1.17 bits per heavy atom. The number of benzene rings is 1. The molecule has 100 valence electrons. The van der Waals surface area contributed by atoms with Gasteiger partial charge in [-0.1, -0.05) is 19.4 Å². The molecule has 18 heavy (non-hydrogen) atoms. The van der Waals surface area contributed by atoms with Crippen molar-refractivity contribution < 1.29 is 14.6 Å². The molecule has 1 heterocycles. The molecule has 1 unspecified atom stereocenters. The van der Waals surface area contributed by atoms with Crippen LogP contribution in [0.5, 0.6) is 11.5 Å². The molecule has 1 aromatic rings. The minimum atomic E-state index is 0.235. The van der Waals surface area contributed by atoms with E-state index < -0.39 is 0 Å². The summed E-state index contributed by atoms with van der Waals surface area (Å²) in [6.07, 6.45) is 3.96. The first-order valence-corrected chi connectivity index (χ1v) is 6.85. The molecular weight excluding hydrogens is 228 g/mol. The van der Waals surface area contributed by atoms with Gasteiger partial charge >= 0.3 is 0 Å². The first-order chi connectivity index (χ1) is 8.85. The third-order valence-electron chi connectivity index (χ3n) is 3.36. The van der Waals surface area contributed by atoms with Gasteiger partial charge in [0.25, 0.3) is 0 Å². The van der Waals surface area contributed by atoms with Crippen molar-refractivity contribution in [2.24, 2.45) is 0 Å². The quantitative estimate of drug-likeness (QED) is 0.872. The summed E-state index contributed by atoms with van der Waals surface area (Å²) in [5.41, 5.74) is 1.25. The van der Waals surface area contributed by atoms with Crippen molar-refractivity contribution in [3.63, 3.8) is 0 Å². The van der Waals surface area contributed by atoms with Crippen LogP contribution in [0.1, 0.15) is 44.1 Å². The minimum Gasteiger partial charge on any atom is -0.490 e. The second-order valence-corrected chi connectivity index (χ2v) is 4.75. The number of hydrogen-bond donors (Lipinski definition) is 1. The maximum absolute atomic E-state index is 9.15. The van der Waals surface area contributed by atoms with Crippen LogP contribution in [0.4, 0.5) is 0 Å². The van der Waals surface area contributed by atoms with Crippen molar-refractivity contribution >= 4 is 0 Å². The zero-order valence-electron chi connectivity index (χ0n) is 11.0. The predicted octanol–water partition coefficient (Wildman–Crippen LogP) is 3.11. The van der Waals surface area contributed by atoms with Gasteiger partial charge in [-0.2, -0.15) is 0 Å². The Morgan fingerprint density at radius 2 is 1.94 bits per heavy atom. The van der Waals surface area contributed by atoms with E-state index in [1.807, 2.05) is 6.07 Å². The van der Waals surface area contributed by atoms with Crippen molar-refractivity contribution in [3.8, 4) is 11.5 Å². The lowest BCUT2D eigenvalue weighted by Crippen LogP contribution is -2.02. The van der Waals surface area contributed by atoms with Crippen LogP contribution in [0.25, 0.3) is 0 Å². The van der Waals surface area contributed by atoms with E-state index in [0.717, 1.165) is 50.4 Å². The normalized spacial score (nSPS) is 16.1. The van der Waals surface area contributed by atoms with E-state index in [1.54, 1.807) is 0 Å². The molecule has 0 saturated heterocycles. The molecule has 3 heteroatoms. The molecule has 0 spiro atoms. The number of aliphatic hydroxyl groups is 1. The fraction of sp³-hybridized carbons (Fsp3) is 0.600. The summed E-state index contributed by atoms with van der Waals surface area (Å²) in [6, 6.07) is 6.18. The van der Waals surface area contributed by atoms with E-state index >= 15 is 0 Å². The highest BCUT2D eigenvalue weighted by Gasteiger charge is 2.15. The summed E-state index contributed by atoms with van der Waals surface area (Å²) >= 11 is 0. The third kappa shape index (κ3) is 3.16. The molecule has 1 aliphatic rings. The summed E-state index contributed by atoms with van der Waals surface area (Å²) in [5, 5.41) is 9.15. The van der Waals surface area contributed by atoms with Gasteiger partial charge in [-0.15, -0.1) is 0 Å². The Morgan fingerprint density at radius 3 is 2.67 bits per heavy atom. The minimum absolute atomic E-state index is 0.235. The Balaban J connectivity index is 2.19. The summed E-state index contributed by atoms with van der Waals surface area (Å²) < 4.78 is 11.3. The fourth-order valence-corrected chi connectivity index (χ4v) is 2.42. The summed E-state index contributed by atoms with van der Waals surface area (Å²) in [6.45, 7) is 3.85. The van der Waals surface area contributed by atoms with Gasteiger partial charge < -0.3 is 14.6 Å². The molecule has 0 amide bonds. The standard InChI is InChI=1S/C15H22O3/c1-2-4-12(7-8-16)13-5-6-14-15(11-13)18-10-3-9-17-14/h5-6,11-12,16H,2-4,7-10H2,1H3. The molecule has 1 N–H and O–H groups in total. The number of rotatable bonds is 5. The molecule has 3 nitrogen and oxygen atoms in total. The van der Waals surface area contributed by atoms with Crippen LogP contribution in [0, 0.1) is 0 Å². The van der Waals surface area contributed by atoms with Crippen LogP contribution in [0.3, 0.4) is 0 Å². The van der Waals surface area contributed by atoms with Crippen LogP contribution >= 0.6 is 0 Å². The molecule has 0 aliphatic carbocycles. The highest BCUT2D eigenvalue weighted by atomic mass is 16.5. The smallest absolute Gasteiger partial charge is 0.161 e. The molecule has 1 atom stereocenters. The lowest BCUT2D eigenvalue weighted by Gasteiger charge is -2.17. The third-order valence-corrected chi connectivity index (χ3v) is 3.36. The Kier molecular flexibility index (Phi) is 4.88. The van der Waals surface area contributed by atoms with Gasteiger partial charge in [0, 0.05) is 13.0 Å². The molecule has 1 aromatic carbocycles. The summed E-state index contributed by atoms with van der Waals surface area (Å²) in [5.74, 6) is 2.11. The topological polar surface area (TPSA) is 38.7 Å². The van der Waals surface area contributed by atoms with Gasteiger partial charge in [0.15, 0.2) is 11.5 Å². The van der Waals surface area contributed by atoms with Crippen molar-refractivity contribution in [3.05, 3.63) is 23.8 Å². The lowest BCUT2D eigenvalue weighted by molar-refractivity contribution is 0.272. The van der Waals surface area contributed by atoms with E-state index in [2.05, 4.69) is 19.1 Å². The molecule has 0 saturated carbocycles. The van der Waals surface area contributed by atoms with E-state index in [0.29, 0.717) is 5.92 Å². The van der Waals surface area contributed by atoms with Crippen molar-refractivity contribution in [2.75, 3.05) is 19.8 Å². The van der Waals surface area contributed by atoms with Crippen molar-refractivity contribution in [2.45, 2.75) is 38.5 Å². The molecule has 2 rings (SSSR count). The number of hydrogen-bond acceptors (Lipinski definition) is 3. The molecule has 1 aliphatic heterocycles. The Bertz CT molecular complexity index is 370. The van der Waals surface area contributed by atoms with Crippen LogP contribution in [-0.2, 0) is 0 Å². The molecule has 0 aromatic heterocycles. The largest absolute Gasteiger partial charge is 0.490 e. The van der Waals surface area contributed by atoms with Crippen molar-refractivity contribution in [1.82, 2.24) is 0 Å². The maximum Gasteiger partial charge on any atom is 0.161 e. The SMILES string of the molecule is CCCC(CCO)c1ccc2c(c1)OCCCO2. The van der Waals surface area contributed by atoms with Gasteiger partial charge in [0.2, 0.25) is 0 Å². The highest BCUT2D eigenvalue weighted by Crippen LogP contribution is 2.35. The first kappa shape index (κ1) is 13.2. The predicted molar refractivity (Wildman–Crippen MR) is 71.4 cm³/mol. The van der Waals surface area contributed by atoms with Crippen LogP contribution in [-0.4, -0.2) is 24.9 Å². The maximum atomic E-state index is 9.15. The second kappa shape index (κ2) is 6.64. The number of ether oxygens (including phenoxy) is 2. The van der Waals surface area contributed by atoms with Crippen molar-refractivity contribution in [1.29, 1.82) is 0 Å². The van der Waals surface area contributed by atoms with Gasteiger partial charge in [-0.05, 0) is 36.5 Å². The van der Waals surface area contributed by atoms with Crippen LogP contribution in [0.15, 0.2) is 18.2 Å². The van der Waals surface area contributed by atoms with Gasteiger partial charge in [0.1, 0.15) is 0 Å². The van der Waals surface area contributed by atoms with E-state index in [-0.39, 0.29) is 6.61 Å². The monoisotopic (exact) mass is 250 g/mol. The van der Waals surface area contributed by atoms with E-state index in [9.17, 15) is 0 Å². The average molecular weight is 250 g/mol. The summed E-state index contributed by atoms with van der Waals surface area (Å²) in [7, 11) is 0. The molecular formula is C15H22O3. The highest BCUT2D eigenvalue weighted by molar-refractivity contribution is 5.44. The summed E-state index contributed by atoms with van der Waals surface area (Å²) in [4.78, 5) is 0. The Hall–Kier alpha value is -1.22.